The maximum absolute atomic E-state index is 10.8. The molecule has 6 heteroatoms. The number of methoxy groups -OCH3 is 2. The van der Waals surface area contributed by atoms with E-state index in [1.54, 1.807) is 13.2 Å². The molecule has 1 N–H and O–H groups in total. The molecule has 1 rings (SSSR count). The number of anilines is 1. The minimum Gasteiger partial charge on any atom is -0.496 e. The molecule has 0 aliphatic rings. The second-order valence-corrected chi connectivity index (χ2v) is 4.49. The number of nitrogens with one attached hydrogen (secondary N) is 1. The summed E-state index contributed by atoms with van der Waals surface area (Å²) in [5, 5.41) is 13.9. The number of hydrogen-bond acceptors (Lipinski definition) is 5. The van der Waals surface area contributed by atoms with Gasteiger partial charge in [0.2, 0.25) is 0 Å². The summed E-state index contributed by atoms with van der Waals surface area (Å²) in [5.74, 6) is 0.446. The molecule has 1 aromatic rings. The molecule has 0 radical (unpaired) electrons. The molecule has 0 aliphatic heterocycles. The Hall–Kier alpha value is -1.82. The Kier molecular flexibility index (Phi) is 4.49. The average Bonchev–Trinajstić information content (AvgIpc) is 2.36. The third kappa shape index (κ3) is 3.89. The van der Waals surface area contributed by atoms with E-state index >= 15 is 0 Å². The third-order valence-corrected chi connectivity index (χ3v) is 2.61. The number of nitro benzene ring substituents is 1. The molecule has 0 amide bonds. The summed E-state index contributed by atoms with van der Waals surface area (Å²) in [6, 6.07) is 4.56. The van der Waals surface area contributed by atoms with Crippen molar-refractivity contribution >= 4 is 11.4 Å². The van der Waals surface area contributed by atoms with Gasteiger partial charge in [0, 0.05) is 31.5 Å². The van der Waals surface area contributed by atoms with Crippen LogP contribution < -0.4 is 10.1 Å². The molecule has 0 spiro atoms. The van der Waals surface area contributed by atoms with Crippen LogP contribution in [-0.2, 0) is 4.74 Å². The molecule has 0 bridgehead atoms. The van der Waals surface area contributed by atoms with E-state index in [1.165, 1.54) is 19.2 Å². The Labute approximate surface area is 106 Å². The van der Waals surface area contributed by atoms with Gasteiger partial charge in [-0.1, -0.05) is 0 Å². The summed E-state index contributed by atoms with van der Waals surface area (Å²) in [6.07, 6.45) is 0. The van der Waals surface area contributed by atoms with Gasteiger partial charge in [-0.2, -0.15) is 0 Å². The normalized spacial score (nSPS) is 11.1. The number of nitrogens with zero attached hydrogens (tertiary/aromatic N) is 1. The zero-order chi connectivity index (χ0) is 13.8. The van der Waals surface area contributed by atoms with E-state index < -0.39 is 4.92 Å². The van der Waals surface area contributed by atoms with Crippen LogP contribution in [-0.4, -0.2) is 31.3 Å². The molecule has 18 heavy (non-hydrogen) atoms. The Morgan fingerprint density at radius 1 is 1.33 bits per heavy atom. The third-order valence-electron chi connectivity index (χ3n) is 2.61. The molecule has 0 saturated carbocycles. The van der Waals surface area contributed by atoms with E-state index in [0.717, 1.165) is 0 Å². The molecule has 1 aromatic carbocycles. The zero-order valence-electron chi connectivity index (χ0n) is 11.0. The van der Waals surface area contributed by atoms with Gasteiger partial charge in [-0.05, 0) is 13.8 Å². The molecule has 100 valence electrons. The molecule has 0 atom stereocenters. The Balaban J connectivity index is 2.88. The molecule has 0 saturated heterocycles. The number of rotatable bonds is 6. The van der Waals surface area contributed by atoms with Crippen molar-refractivity contribution in [2.45, 2.75) is 19.4 Å². The highest BCUT2D eigenvalue weighted by molar-refractivity contribution is 5.56. The first-order valence-electron chi connectivity index (χ1n) is 5.50. The molecule has 0 unspecified atom stereocenters. The zero-order valence-corrected chi connectivity index (χ0v) is 11.0. The first kappa shape index (κ1) is 14.2. The second-order valence-electron chi connectivity index (χ2n) is 4.49. The van der Waals surface area contributed by atoms with E-state index in [4.69, 9.17) is 9.47 Å². The lowest BCUT2D eigenvalue weighted by atomic mass is 10.1. The molecule has 0 heterocycles. The summed E-state index contributed by atoms with van der Waals surface area (Å²) in [5.41, 5.74) is 0.274. The van der Waals surface area contributed by atoms with Gasteiger partial charge in [-0.15, -0.1) is 0 Å². The van der Waals surface area contributed by atoms with E-state index in [2.05, 4.69) is 5.32 Å². The van der Waals surface area contributed by atoms with Crippen molar-refractivity contribution in [2.24, 2.45) is 0 Å². The van der Waals surface area contributed by atoms with Gasteiger partial charge in [-0.3, -0.25) is 10.1 Å². The molecular formula is C12H18N2O4. The van der Waals surface area contributed by atoms with Crippen LogP contribution in [0.1, 0.15) is 13.8 Å². The summed E-state index contributed by atoms with van der Waals surface area (Å²) in [4.78, 5) is 10.3. The fourth-order valence-corrected chi connectivity index (χ4v) is 1.30. The van der Waals surface area contributed by atoms with Gasteiger partial charge in [-0.25, -0.2) is 0 Å². The largest absolute Gasteiger partial charge is 0.496 e. The fraction of sp³-hybridized carbons (Fsp3) is 0.500. The quantitative estimate of drug-likeness (QED) is 0.623. The maximum Gasteiger partial charge on any atom is 0.275 e. The number of non-ortho nitro benzene ring substituents is 1. The van der Waals surface area contributed by atoms with Gasteiger partial charge in [0.1, 0.15) is 5.75 Å². The van der Waals surface area contributed by atoms with Crippen LogP contribution in [0.5, 0.6) is 5.75 Å². The fourth-order valence-electron chi connectivity index (χ4n) is 1.30. The lowest BCUT2D eigenvalue weighted by Gasteiger charge is -2.23. The summed E-state index contributed by atoms with van der Waals surface area (Å²) in [7, 11) is 3.09. The van der Waals surface area contributed by atoms with Crippen molar-refractivity contribution < 1.29 is 14.4 Å². The standard InChI is InChI=1S/C12H18N2O4/c1-12(2,18-4)8-13-9-5-10(14(15)16)7-11(6-9)17-3/h5-7,13H,8H2,1-4H3. The first-order valence-corrected chi connectivity index (χ1v) is 5.50. The first-order chi connectivity index (χ1) is 8.38. The van der Waals surface area contributed by atoms with Crippen molar-refractivity contribution in [2.75, 3.05) is 26.1 Å². The molecule has 6 nitrogen and oxygen atoms in total. The predicted molar refractivity (Wildman–Crippen MR) is 69.2 cm³/mol. The SMILES string of the molecule is COc1cc(NCC(C)(C)OC)cc([N+](=O)[O-])c1. The van der Waals surface area contributed by atoms with Crippen LogP contribution in [0.2, 0.25) is 0 Å². The molecular weight excluding hydrogens is 236 g/mol. The van der Waals surface area contributed by atoms with E-state index in [0.29, 0.717) is 18.0 Å². The average molecular weight is 254 g/mol. The van der Waals surface area contributed by atoms with Crippen LogP contribution in [0.25, 0.3) is 0 Å². The van der Waals surface area contributed by atoms with Crippen molar-refractivity contribution in [3.63, 3.8) is 0 Å². The Morgan fingerprint density at radius 2 is 2.00 bits per heavy atom. The highest BCUT2D eigenvalue weighted by Gasteiger charge is 2.17. The highest BCUT2D eigenvalue weighted by atomic mass is 16.6. The van der Waals surface area contributed by atoms with Gasteiger partial charge in [0.25, 0.3) is 5.69 Å². The van der Waals surface area contributed by atoms with Crippen LogP contribution in [0, 0.1) is 10.1 Å². The molecule has 0 fully saturated rings. The lowest BCUT2D eigenvalue weighted by Crippen LogP contribution is -2.32. The van der Waals surface area contributed by atoms with Crippen molar-refractivity contribution in [1.82, 2.24) is 0 Å². The molecule has 0 aromatic heterocycles. The number of hydrogen-bond donors (Lipinski definition) is 1. The Bertz CT molecular complexity index is 432. The van der Waals surface area contributed by atoms with Gasteiger partial charge < -0.3 is 14.8 Å². The summed E-state index contributed by atoms with van der Waals surface area (Å²) in [6.45, 7) is 4.39. The number of ether oxygens (including phenoxy) is 2. The topological polar surface area (TPSA) is 73.6 Å². The van der Waals surface area contributed by atoms with E-state index in [1.807, 2.05) is 13.8 Å². The van der Waals surface area contributed by atoms with E-state index in [-0.39, 0.29) is 11.3 Å². The van der Waals surface area contributed by atoms with Crippen LogP contribution >= 0.6 is 0 Å². The van der Waals surface area contributed by atoms with Crippen molar-refractivity contribution in [3.05, 3.63) is 28.3 Å². The Morgan fingerprint density at radius 3 is 2.50 bits per heavy atom. The highest BCUT2D eigenvalue weighted by Crippen LogP contribution is 2.26. The van der Waals surface area contributed by atoms with Crippen molar-refractivity contribution in [3.8, 4) is 5.75 Å². The van der Waals surface area contributed by atoms with Gasteiger partial charge >= 0.3 is 0 Å². The van der Waals surface area contributed by atoms with Crippen LogP contribution in [0.4, 0.5) is 11.4 Å². The van der Waals surface area contributed by atoms with E-state index in [9.17, 15) is 10.1 Å². The van der Waals surface area contributed by atoms with Crippen LogP contribution in [0.3, 0.4) is 0 Å². The molecule has 0 aliphatic carbocycles. The monoisotopic (exact) mass is 254 g/mol. The van der Waals surface area contributed by atoms with Crippen LogP contribution in [0.15, 0.2) is 18.2 Å². The minimum absolute atomic E-state index is 0.00734. The maximum atomic E-state index is 10.8. The van der Waals surface area contributed by atoms with Crippen molar-refractivity contribution in [1.29, 1.82) is 0 Å². The summed E-state index contributed by atoms with van der Waals surface area (Å²) < 4.78 is 10.3. The lowest BCUT2D eigenvalue weighted by molar-refractivity contribution is -0.384. The van der Waals surface area contributed by atoms with Gasteiger partial charge in [0.15, 0.2) is 0 Å². The number of nitro groups is 1. The second kappa shape index (κ2) is 5.68. The number of benzene rings is 1. The van der Waals surface area contributed by atoms with Gasteiger partial charge in [0.05, 0.1) is 23.7 Å². The smallest absolute Gasteiger partial charge is 0.275 e. The predicted octanol–water partition coefficient (Wildman–Crippen LogP) is 2.44. The summed E-state index contributed by atoms with van der Waals surface area (Å²) >= 11 is 0. The minimum atomic E-state index is -0.449.